The first-order valence-corrected chi connectivity index (χ1v) is 8.46. The van der Waals surface area contributed by atoms with Crippen molar-refractivity contribution in [1.29, 1.82) is 0 Å². The van der Waals surface area contributed by atoms with Crippen molar-refractivity contribution in [2.75, 3.05) is 19.0 Å². The summed E-state index contributed by atoms with van der Waals surface area (Å²) in [5.74, 6) is 0.564. The Hall–Kier alpha value is -3.02. The van der Waals surface area contributed by atoms with E-state index in [4.69, 9.17) is 14.2 Å². The molecule has 0 saturated heterocycles. The number of carbonyl (C=O) groups is 2. The summed E-state index contributed by atoms with van der Waals surface area (Å²) in [6.45, 7) is 3.94. The fraction of sp³-hybridized carbons (Fsp3) is 0.300. The predicted molar refractivity (Wildman–Crippen MR) is 98.7 cm³/mol. The van der Waals surface area contributed by atoms with Gasteiger partial charge in [-0.05, 0) is 49.7 Å². The monoisotopic (exact) mass is 357 g/mol. The molecule has 2 aromatic rings. The minimum atomic E-state index is -0.646. The molecule has 0 bridgehead atoms. The van der Waals surface area contributed by atoms with E-state index in [-0.39, 0.29) is 5.91 Å². The van der Waals surface area contributed by atoms with Gasteiger partial charge in [0.2, 0.25) is 0 Å². The molecule has 0 aliphatic rings. The normalized spacial score (nSPS) is 11.3. The maximum atomic E-state index is 12.5. The Morgan fingerprint density at radius 3 is 2.35 bits per heavy atom. The lowest BCUT2D eigenvalue weighted by atomic mass is 10.2. The highest BCUT2D eigenvalue weighted by Gasteiger charge is 2.19. The topological polar surface area (TPSA) is 73.9 Å². The molecular weight excluding hydrogens is 334 g/mol. The summed E-state index contributed by atoms with van der Waals surface area (Å²) in [5, 5.41) is 2.79. The molecule has 0 heterocycles. The number of amides is 1. The van der Waals surface area contributed by atoms with E-state index >= 15 is 0 Å². The second-order valence-corrected chi connectivity index (χ2v) is 5.48. The zero-order chi connectivity index (χ0) is 18.9. The van der Waals surface area contributed by atoms with Crippen molar-refractivity contribution in [3.8, 4) is 11.5 Å². The molecule has 6 heteroatoms. The first kappa shape index (κ1) is 19.3. The van der Waals surface area contributed by atoms with Crippen LogP contribution in [0.25, 0.3) is 0 Å². The standard InChI is InChI=1S/C20H23NO5/c1-4-18(26-17-8-6-7-16(13-17)24-3)19(22)21-15-11-9-14(10-12-15)20(23)25-5-2/h6-13,18H,4-5H2,1-3H3,(H,21,22)/t18-/m0/s1. The number of rotatable bonds is 8. The summed E-state index contributed by atoms with van der Waals surface area (Å²) in [4.78, 5) is 24.1. The molecule has 0 unspecified atom stereocenters. The van der Waals surface area contributed by atoms with E-state index in [9.17, 15) is 9.59 Å². The van der Waals surface area contributed by atoms with Gasteiger partial charge < -0.3 is 19.5 Å². The van der Waals surface area contributed by atoms with Crippen LogP contribution in [0.15, 0.2) is 48.5 Å². The van der Waals surface area contributed by atoms with E-state index in [1.807, 2.05) is 6.92 Å². The first-order valence-electron chi connectivity index (χ1n) is 8.46. The van der Waals surface area contributed by atoms with Gasteiger partial charge in [0.15, 0.2) is 6.10 Å². The van der Waals surface area contributed by atoms with Gasteiger partial charge in [-0.25, -0.2) is 4.79 Å². The quantitative estimate of drug-likeness (QED) is 0.730. The maximum Gasteiger partial charge on any atom is 0.338 e. The Kier molecular flexibility index (Phi) is 7.02. The predicted octanol–water partition coefficient (Wildman–Crippen LogP) is 3.67. The molecule has 0 spiro atoms. The van der Waals surface area contributed by atoms with E-state index in [0.717, 1.165) is 0 Å². The van der Waals surface area contributed by atoms with E-state index < -0.39 is 12.1 Å². The van der Waals surface area contributed by atoms with E-state index in [1.54, 1.807) is 62.6 Å². The summed E-state index contributed by atoms with van der Waals surface area (Å²) < 4.78 is 15.9. The van der Waals surface area contributed by atoms with Crippen LogP contribution in [0.4, 0.5) is 5.69 Å². The minimum Gasteiger partial charge on any atom is -0.497 e. The summed E-state index contributed by atoms with van der Waals surface area (Å²) in [6, 6.07) is 13.6. The number of anilines is 1. The van der Waals surface area contributed by atoms with Crippen LogP contribution in [-0.2, 0) is 9.53 Å². The molecule has 2 rings (SSSR count). The van der Waals surface area contributed by atoms with Crippen LogP contribution in [0.3, 0.4) is 0 Å². The zero-order valence-corrected chi connectivity index (χ0v) is 15.2. The van der Waals surface area contributed by atoms with Crippen LogP contribution in [0.5, 0.6) is 11.5 Å². The van der Waals surface area contributed by atoms with Crippen molar-refractivity contribution in [2.24, 2.45) is 0 Å². The summed E-state index contributed by atoms with van der Waals surface area (Å²) in [5.41, 5.74) is 1.01. The van der Waals surface area contributed by atoms with Crippen molar-refractivity contribution >= 4 is 17.6 Å². The molecule has 6 nitrogen and oxygen atoms in total. The molecule has 0 fully saturated rings. The highest BCUT2D eigenvalue weighted by atomic mass is 16.5. The number of methoxy groups -OCH3 is 1. The lowest BCUT2D eigenvalue weighted by molar-refractivity contribution is -0.122. The highest BCUT2D eigenvalue weighted by Crippen LogP contribution is 2.21. The van der Waals surface area contributed by atoms with E-state index in [0.29, 0.717) is 35.8 Å². The molecule has 1 N–H and O–H groups in total. The van der Waals surface area contributed by atoms with Crippen LogP contribution in [0, 0.1) is 0 Å². The maximum absolute atomic E-state index is 12.5. The van der Waals surface area contributed by atoms with Gasteiger partial charge in [-0.3, -0.25) is 4.79 Å². The van der Waals surface area contributed by atoms with Crippen LogP contribution >= 0.6 is 0 Å². The van der Waals surface area contributed by atoms with Crippen LogP contribution in [0.2, 0.25) is 0 Å². The SMILES string of the molecule is CCOC(=O)c1ccc(NC(=O)[C@H](CC)Oc2cccc(OC)c2)cc1. The Balaban J connectivity index is 2.00. The van der Waals surface area contributed by atoms with Crippen molar-refractivity contribution in [3.05, 3.63) is 54.1 Å². The molecule has 0 radical (unpaired) electrons. The van der Waals surface area contributed by atoms with Gasteiger partial charge >= 0.3 is 5.97 Å². The fourth-order valence-corrected chi connectivity index (χ4v) is 2.29. The molecule has 1 amide bonds. The Labute approximate surface area is 153 Å². The van der Waals surface area contributed by atoms with Crippen molar-refractivity contribution in [2.45, 2.75) is 26.4 Å². The van der Waals surface area contributed by atoms with Gasteiger partial charge in [0, 0.05) is 11.8 Å². The van der Waals surface area contributed by atoms with Gasteiger partial charge in [0.25, 0.3) is 5.91 Å². The smallest absolute Gasteiger partial charge is 0.338 e. The van der Waals surface area contributed by atoms with E-state index in [2.05, 4.69) is 5.32 Å². The van der Waals surface area contributed by atoms with Crippen molar-refractivity contribution in [3.63, 3.8) is 0 Å². The molecule has 0 aliphatic carbocycles. The number of benzene rings is 2. The highest BCUT2D eigenvalue weighted by molar-refractivity contribution is 5.95. The second-order valence-electron chi connectivity index (χ2n) is 5.48. The average molecular weight is 357 g/mol. The molecule has 26 heavy (non-hydrogen) atoms. The lowest BCUT2D eigenvalue weighted by Crippen LogP contribution is -2.32. The molecule has 138 valence electrons. The average Bonchev–Trinajstić information content (AvgIpc) is 2.67. The van der Waals surface area contributed by atoms with Gasteiger partial charge in [-0.15, -0.1) is 0 Å². The largest absolute Gasteiger partial charge is 0.497 e. The van der Waals surface area contributed by atoms with E-state index in [1.165, 1.54) is 0 Å². The van der Waals surface area contributed by atoms with Crippen LogP contribution < -0.4 is 14.8 Å². The summed E-state index contributed by atoms with van der Waals surface area (Å²) in [7, 11) is 1.57. The lowest BCUT2D eigenvalue weighted by Gasteiger charge is -2.17. The molecule has 2 aromatic carbocycles. The molecule has 0 aliphatic heterocycles. The Morgan fingerprint density at radius 1 is 1.04 bits per heavy atom. The number of hydrogen-bond acceptors (Lipinski definition) is 5. The van der Waals surface area contributed by atoms with Gasteiger partial charge in [-0.2, -0.15) is 0 Å². The van der Waals surface area contributed by atoms with Gasteiger partial charge in [-0.1, -0.05) is 13.0 Å². The van der Waals surface area contributed by atoms with Gasteiger partial charge in [0.1, 0.15) is 11.5 Å². The van der Waals surface area contributed by atoms with Crippen molar-refractivity contribution < 1.29 is 23.8 Å². The van der Waals surface area contributed by atoms with Gasteiger partial charge in [0.05, 0.1) is 19.3 Å². The van der Waals surface area contributed by atoms with Crippen LogP contribution in [-0.4, -0.2) is 31.7 Å². The third-order valence-electron chi connectivity index (χ3n) is 3.65. The summed E-state index contributed by atoms with van der Waals surface area (Å²) >= 11 is 0. The Morgan fingerprint density at radius 2 is 1.73 bits per heavy atom. The third kappa shape index (κ3) is 5.24. The number of esters is 1. The number of ether oxygens (including phenoxy) is 3. The molecular formula is C20H23NO5. The minimum absolute atomic E-state index is 0.265. The second kappa shape index (κ2) is 9.46. The summed E-state index contributed by atoms with van der Waals surface area (Å²) in [6.07, 6.45) is -0.143. The van der Waals surface area contributed by atoms with Crippen LogP contribution in [0.1, 0.15) is 30.6 Å². The first-order chi connectivity index (χ1) is 12.6. The number of carbonyl (C=O) groups excluding carboxylic acids is 2. The zero-order valence-electron chi connectivity index (χ0n) is 15.2. The fourth-order valence-electron chi connectivity index (χ4n) is 2.29. The molecule has 1 atom stereocenters. The third-order valence-corrected chi connectivity index (χ3v) is 3.65. The molecule has 0 saturated carbocycles. The number of nitrogens with one attached hydrogen (secondary N) is 1. The Bertz CT molecular complexity index is 742. The molecule has 0 aromatic heterocycles. The van der Waals surface area contributed by atoms with Crippen molar-refractivity contribution in [1.82, 2.24) is 0 Å². The number of hydrogen-bond donors (Lipinski definition) is 1.